The number of hydrogen-bond acceptors (Lipinski definition) is 5. The number of nitrogens with one attached hydrogen (secondary N) is 1. The van der Waals surface area contributed by atoms with Gasteiger partial charge in [0.25, 0.3) is 5.91 Å². The van der Waals surface area contributed by atoms with E-state index in [1.165, 1.54) is 17.9 Å². The van der Waals surface area contributed by atoms with Crippen LogP contribution in [0.3, 0.4) is 0 Å². The highest BCUT2D eigenvalue weighted by molar-refractivity contribution is 5.97. The Kier molecular flexibility index (Phi) is 5.23. The largest absolute Gasteiger partial charge is 0.300 e. The minimum absolute atomic E-state index is 0.196. The molecule has 0 saturated carbocycles. The van der Waals surface area contributed by atoms with E-state index in [4.69, 9.17) is 5.21 Å². The highest BCUT2D eigenvalue weighted by atomic mass is 16.5. The van der Waals surface area contributed by atoms with Crippen LogP contribution in [0.4, 0.5) is 5.82 Å². The van der Waals surface area contributed by atoms with Gasteiger partial charge in [-0.3, -0.25) is 19.8 Å². The number of rotatable bonds is 4. The molecule has 1 aromatic carbocycles. The van der Waals surface area contributed by atoms with Gasteiger partial charge in [0.2, 0.25) is 5.91 Å². The van der Waals surface area contributed by atoms with Gasteiger partial charge in [0.15, 0.2) is 0 Å². The first-order valence-electron chi connectivity index (χ1n) is 8.21. The molecule has 136 valence electrons. The highest BCUT2D eigenvalue weighted by Gasteiger charge is 2.15. The average Bonchev–Trinajstić information content (AvgIpc) is 2.73. The van der Waals surface area contributed by atoms with Crippen molar-refractivity contribution in [1.29, 1.82) is 0 Å². The molecule has 0 aliphatic heterocycles. The molecule has 2 N–H and O–H groups in total. The number of aromatic nitrogens is 2. The summed E-state index contributed by atoms with van der Waals surface area (Å²) in [6.07, 6.45) is 3.49. The molecule has 27 heavy (non-hydrogen) atoms. The van der Waals surface area contributed by atoms with Gasteiger partial charge in [-0.05, 0) is 29.3 Å². The monoisotopic (exact) mass is 362 g/mol. The van der Waals surface area contributed by atoms with E-state index in [1.54, 1.807) is 31.0 Å². The topological polar surface area (TPSA) is 95.4 Å². The van der Waals surface area contributed by atoms with E-state index in [9.17, 15) is 9.59 Å². The summed E-state index contributed by atoms with van der Waals surface area (Å²) >= 11 is 0. The van der Waals surface area contributed by atoms with Crippen molar-refractivity contribution in [3.63, 3.8) is 0 Å². The van der Waals surface area contributed by atoms with E-state index < -0.39 is 5.91 Å². The molecular weight excluding hydrogens is 344 g/mol. The van der Waals surface area contributed by atoms with Gasteiger partial charge in [0, 0.05) is 37.5 Å². The van der Waals surface area contributed by atoms with Crippen molar-refractivity contribution < 1.29 is 14.8 Å². The van der Waals surface area contributed by atoms with E-state index in [1.807, 2.05) is 36.4 Å². The molecule has 2 heterocycles. The van der Waals surface area contributed by atoms with E-state index in [-0.39, 0.29) is 11.5 Å². The number of carbonyl (C=O) groups is 2. The number of benzene rings is 1. The maximum absolute atomic E-state index is 11.9. The number of carbonyl (C=O) groups excluding carboxylic acids is 2. The normalized spacial score (nSPS) is 10.3. The zero-order chi connectivity index (χ0) is 19.4. The number of anilines is 1. The summed E-state index contributed by atoms with van der Waals surface area (Å²) in [4.78, 5) is 33.5. The maximum atomic E-state index is 11.9. The Morgan fingerprint density at radius 1 is 1.04 bits per heavy atom. The van der Waals surface area contributed by atoms with Crippen molar-refractivity contribution >= 4 is 17.6 Å². The van der Waals surface area contributed by atoms with Crippen LogP contribution in [0.5, 0.6) is 0 Å². The zero-order valence-corrected chi connectivity index (χ0v) is 14.9. The Labute approximate surface area is 156 Å². The number of hydrogen-bond donors (Lipinski definition) is 2. The van der Waals surface area contributed by atoms with Crippen LogP contribution in [0, 0.1) is 0 Å². The van der Waals surface area contributed by atoms with E-state index in [0.29, 0.717) is 11.5 Å². The summed E-state index contributed by atoms with van der Waals surface area (Å²) in [7, 11) is 1.57. The fourth-order valence-corrected chi connectivity index (χ4v) is 2.56. The molecule has 2 amide bonds. The van der Waals surface area contributed by atoms with Crippen molar-refractivity contribution in [2.45, 2.75) is 6.92 Å². The van der Waals surface area contributed by atoms with Crippen molar-refractivity contribution in [3.05, 3.63) is 66.5 Å². The second kappa shape index (κ2) is 7.76. The molecule has 7 nitrogen and oxygen atoms in total. The Morgan fingerprint density at radius 2 is 1.74 bits per heavy atom. The van der Waals surface area contributed by atoms with Crippen LogP contribution in [0.15, 0.2) is 60.9 Å². The van der Waals surface area contributed by atoms with Crippen LogP contribution < -0.4 is 10.4 Å². The molecule has 7 heteroatoms. The third-order valence-electron chi connectivity index (χ3n) is 4.17. The first kappa shape index (κ1) is 18.2. The Balaban J connectivity index is 2.03. The van der Waals surface area contributed by atoms with Gasteiger partial charge in [-0.25, -0.2) is 10.5 Å². The van der Waals surface area contributed by atoms with Crippen molar-refractivity contribution in [2.75, 3.05) is 11.9 Å². The van der Waals surface area contributed by atoms with Crippen molar-refractivity contribution in [3.8, 4) is 22.4 Å². The molecule has 0 saturated heterocycles. The Morgan fingerprint density at radius 3 is 2.33 bits per heavy atom. The second-order valence-corrected chi connectivity index (χ2v) is 5.94. The van der Waals surface area contributed by atoms with Gasteiger partial charge in [-0.2, -0.15) is 0 Å². The minimum Gasteiger partial charge on any atom is -0.300 e. The van der Waals surface area contributed by atoms with Crippen molar-refractivity contribution in [2.24, 2.45) is 0 Å². The van der Waals surface area contributed by atoms with E-state index in [0.717, 1.165) is 16.7 Å². The summed E-state index contributed by atoms with van der Waals surface area (Å²) in [5.74, 6) is -0.583. The molecule has 2 aromatic heterocycles. The van der Waals surface area contributed by atoms with Crippen LogP contribution >= 0.6 is 0 Å². The van der Waals surface area contributed by atoms with Gasteiger partial charge >= 0.3 is 0 Å². The molecule has 0 aliphatic rings. The molecule has 0 fully saturated rings. The van der Waals surface area contributed by atoms with Crippen LogP contribution in [0.1, 0.15) is 17.3 Å². The molecule has 0 radical (unpaired) electrons. The lowest BCUT2D eigenvalue weighted by atomic mass is 10.0. The van der Waals surface area contributed by atoms with Gasteiger partial charge in [-0.1, -0.05) is 30.3 Å². The zero-order valence-electron chi connectivity index (χ0n) is 14.9. The fraction of sp³-hybridized carbons (Fsp3) is 0.100. The van der Waals surface area contributed by atoms with Crippen LogP contribution in [0.25, 0.3) is 22.4 Å². The fourth-order valence-electron chi connectivity index (χ4n) is 2.56. The number of amides is 2. The lowest BCUT2D eigenvalue weighted by molar-refractivity contribution is -0.116. The van der Waals surface area contributed by atoms with Gasteiger partial charge < -0.3 is 4.90 Å². The maximum Gasteiger partial charge on any atom is 0.274 e. The molecule has 0 atom stereocenters. The Hall–Kier alpha value is -3.58. The molecule has 0 unspecified atom stereocenters. The predicted molar refractivity (Wildman–Crippen MR) is 101 cm³/mol. The summed E-state index contributed by atoms with van der Waals surface area (Å²) in [5.41, 5.74) is 5.07. The van der Waals surface area contributed by atoms with E-state index >= 15 is 0 Å². The highest BCUT2D eigenvalue weighted by Crippen LogP contribution is 2.26. The SMILES string of the molecule is CC(=O)N(C)c1cc(C(=O)NO)cc(-c2ccc(-c3cccnc3)cc2)n1. The third-order valence-corrected chi connectivity index (χ3v) is 4.17. The van der Waals surface area contributed by atoms with Crippen LogP contribution in [0.2, 0.25) is 0 Å². The minimum atomic E-state index is -0.677. The van der Waals surface area contributed by atoms with Crippen molar-refractivity contribution in [1.82, 2.24) is 15.4 Å². The van der Waals surface area contributed by atoms with Crippen LogP contribution in [-0.2, 0) is 4.79 Å². The molecule has 0 spiro atoms. The summed E-state index contributed by atoms with van der Waals surface area (Å²) in [5, 5.41) is 8.94. The first-order valence-corrected chi connectivity index (χ1v) is 8.21. The summed E-state index contributed by atoms with van der Waals surface area (Å²) in [6.45, 7) is 1.41. The first-order chi connectivity index (χ1) is 13.0. The number of nitrogens with zero attached hydrogens (tertiary/aromatic N) is 3. The molecule has 0 aliphatic carbocycles. The Bertz CT molecular complexity index is 972. The second-order valence-electron chi connectivity index (χ2n) is 5.94. The lowest BCUT2D eigenvalue weighted by Crippen LogP contribution is -2.25. The number of pyridine rings is 2. The van der Waals surface area contributed by atoms with Gasteiger partial charge in [-0.15, -0.1) is 0 Å². The molecular formula is C20H18N4O3. The molecule has 0 bridgehead atoms. The molecule has 3 rings (SSSR count). The van der Waals surface area contributed by atoms with Gasteiger partial charge in [0.1, 0.15) is 5.82 Å². The predicted octanol–water partition coefficient (Wildman–Crippen LogP) is 2.91. The van der Waals surface area contributed by atoms with Crippen LogP contribution in [-0.4, -0.2) is 34.0 Å². The summed E-state index contributed by atoms with van der Waals surface area (Å²) in [6, 6.07) is 14.5. The smallest absolute Gasteiger partial charge is 0.274 e. The lowest BCUT2D eigenvalue weighted by Gasteiger charge is -2.16. The quantitative estimate of drug-likeness (QED) is 0.550. The third kappa shape index (κ3) is 3.99. The number of hydroxylamine groups is 1. The average molecular weight is 362 g/mol. The standard InChI is InChI=1S/C20H18N4O3/c1-13(25)24(2)19-11-17(20(26)23-27)10-18(22-19)15-7-5-14(6-8-15)16-4-3-9-21-12-16/h3-12,27H,1-2H3,(H,23,26). The molecule has 3 aromatic rings. The summed E-state index contributed by atoms with van der Waals surface area (Å²) < 4.78 is 0. The van der Waals surface area contributed by atoms with Gasteiger partial charge in [0.05, 0.1) is 5.69 Å². The van der Waals surface area contributed by atoms with E-state index in [2.05, 4.69) is 9.97 Å².